The van der Waals surface area contributed by atoms with Gasteiger partial charge in [-0.15, -0.1) is 35.1 Å². The lowest BCUT2D eigenvalue weighted by molar-refractivity contribution is 0.684. The van der Waals surface area contributed by atoms with Crippen molar-refractivity contribution in [1.82, 2.24) is 15.3 Å². The third-order valence-corrected chi connectivity index (χ3v) is 4.32. The number of rotatable bonds is 5. The van der Waals surface area contributed by atoms with E-state index in [0.29, 0.717) is 0 Å². The number of thiazole rings is 2. The van der Waals surface area contributed by atoms with Gasteiger partial charge in [-0.3, -0.25) is 0 Å². The summed E-state index contributed by atoms with van der Waals surface area (Å²) in [4.78, 5) is 10.0. The van der Waals surface area contributed by atoms with Gasteiger partial charge in [0.25, 0.3) is 0 Å². The van der Waals surface area contributed by atoms with Gasteiger partial charge in [-0.05, 0) is 13.3 Å². The second kappa shape index (κ2) is 7.06. The number of nitrogens with zero attached hydrogens (tertiary/aromatic N) is 2. The average Bonchev–Trinajstić information content (AvgIpc) is 2.89. The molecule has 0 aliphatic heterocycles. The van der Waals surface area contributed by atoms with Crippen LogP contribution in [0.4, 0.5) is 0 Å². The van der Waals surface area contributed by atoms with Crippen molar-refractivity contribution in [3.8, 4) is 0 Å². The smallest absolute Gasteiger partial charge is 0.0926 e. The molecular formula is C11H16ClN3S2. The molecule has 0 bridgehead atoms. The topological polar surface area (TPSA) is 37.8 Å². The maximum absolute atomic E-state index is 4.51. The Hall–Kier alpha value is -0.490. The largest absolute Gasteiger partial charge is 0.306 e. The Morgan fingerprint density at radius 1 is 1.29 bits per heavy atom. The van der Waals surface area contributed by atoms with E-state index in [2.05, 4.69) is 27.6 Å². The molecule has 2 aromatic heterocycles. The van der Waals surface area contributed by atoms with Crippen LogP contribution >= 0.6 is 35.1 Å². The normalized spacial score (nSPS) is 10.2. The first kappa shape index (κ1) is 14.6. The molecule has 0 saturated carbocycles. The molecular weight excluding hydrogens is 274 g/mol. The number of halogens is 1. The van der Waals surface area contributed by atoms with Crippen LogP contribution in [0.15, 0.2) is 10.9 Å². The minimum atomic E-state index is 0. The number of nitrogens with one attached hydrogen (secondary N) is 1. The van der Waals surface area contributed by atoms with Crippen LogP contribution in [0.3, 0.4) is 0 Å². The van der Waals surface area contributed by atoms with Crippen LogP contribution in [0.2, 0.25) is 0 Å². The van der Waals surface area contributed by atoms with E-state index in [-0.39, 0.29) is 12.4 Å². The average molecular weight is 290 g/mol. The summed E-state index contributed by atoms with van der Waals surface area (Å²) < 4.78 is 0. The van der Waals surface area contributed by atoms with E-state index in [1.807, 2.05) is 12.4 Å². The summed E-state index contributed by atoms with van der Waals surface area (Å²) >= 11 is 3.44. The molecule has 2 heterocycles. The third kappa shape index (κ3) is 4.03. The lowest BCUT2D eigenvalue weighted by Crippen LogP contribution is -2.12. The van der Waals surface area contributed by atoms with Gasteiger partial charge in [-0.2, -0.15) is 0 Å². The van der Waals surface area contributed by atoms with E-state index >= 15 is 0 Å². The first-order valence-corrected chi connectivity index (χ1v) is 7.08. The van der Waals surface area contributed by atoms with Crippen LogP contribution in [0.5, 0.6) is 0 Å². The molecule has 0 spiro atoms. The molecule has 0 unspecified atom stereocenters. The van der Waals surface area contributed by atoms with E-state index < -0.39 is 0 Å². The van der Waals surface area contributed by atoms with E-state index in [1.165, 1.54) is 9.88 Å². The van der Waals surface area contributed by atoms with Gasteiger partial charge in [-0.1, -0.05) is 6.92 Å². The Morgan fingerprint density at radius 3 is 2.71 bits per heavy atom. The van der Waals surface area contributed by atoms with Crippen LogP contribution < -0.4 is 5.32 Å². The van der Waals surface area contributed by atoms with Crippen molar-refractivity contribution in [2.45, 2.75) is 33.4 Å². The molecule has 3 nitrogen and oxygen atoms in total. The lowest BCUT2D eigenvalue weighted by atomic mass is 10.4. The second-order valence-corrected chi connectivity index (χ2v) is 5.43. The monoisotopic (exact) mass is 289 g/mol. The van der Waals surface area contributed by atoms with Crippen molar-refractivity contribution in [2.75, 3.05) is 0 Å². The summed E-state index contributed by atoms with van der Waals surface area (Å²) in [5.74, 6) is 0. The summed E-state index contributed by atoms with van der Waals surface area (Å²) in [6.07, 6.45) is 1.03. The fourth-order valence-electron chi connectivity index (χ4n) is 1.39. The predicted molar refractivity (Wildman–Crippen MR) is 76.1 cm³/mol. The van der Waals surface area contributed by atoms with Crippen molar-refractivity contribution in [3.63, 3.8) is 0 Å². The van der Waals surface area contributed by atoms with E-state index in [1.54, 1.807) is 22.7 Å². The summed E-state index contributed by atoms with van der Waals surface area (Å²) in [5, 5.41) is 6.74. The van der Waals surface area contributed by atoms with Gasteiger partial charge in [0.15, 0.2) is 0 Å². The molecule has 2 rings (SSSR count). The van der Waals surface area contributed by atoms with Gasteiger partial charge in [0.05, 0.1) is 21.9 Å². The Bertz CT molecular complexity index is 453. The first-order chi connectivity index (χ1) is 7.79. The third-order valence-electron chi connectivity index (χ3n) is 2.34. The van der Waals surface area contributed by atoms with E-state index in [4.69, 9.17) is 0 Å². The fraction of sp³-hybridized carbons (Fsp3) is 0.455. The Morgan fingerprint density at radius 2 is 2.12 bits per heavy atom. The fourth-order valence-corrected chi connectivity index (χ4v) is 2.88. The summed E-state index contributed by atoms with van der Waals surface area (Å²) in [7, 11) is 0. The second-order valence-electron chi connectivity index (χ2n) is 3.55. The summed E-state index contributed by atoms with van der Waals surface area (Å²) in [6, 6.07) is 0. The van der Waals surface area contributed by atoms with Crippen LogP contribution in [0, 0.1) is 6.92 Å². The Balaban J connectivity index is 0.00000144. The van der Waals surface area contributed by atoms with Crippen LogP contribution in [0.25, 0.3) is 0 Å². The molecule has 17 heavy (non-hydrogen) atoms. The first-order valence-electron chi connectivity index (χ1n) is 5.32. The van der Waals surface area contributed by atoms with Gasteiger partial charge in [0, 0.05) is 23.3 Å². The highest BCUT2D eigenvalue weighted by Crippen LogP contribution is 2.13. The van der Waals surface area contributed by atoms with Crippen LogP contribution in [-0.2, 0) is 19.5 Å². The van der Waals surface area contributed by atoms with Gasteiger partial charge < -0.3 is 5.32 Å². The molecule has 1 N–H and O–H groups in total. The number of aryl methyl sites for hydroxylation is 2. The quantitative estimate of drug-likeness (QED) is 0.919. The molecule has 0 aliphatic rings. The molecule has 0 aliphatic carbocycles. The summed E-state index contributed by atoms with van der Waals surface area (Å²) in [5.41, 5.74) is 4.17. The number of aromatic nitrogens is 2. The van der Waals surface area contributed by atoms with E-state index in [0.717, 1.165) is 30.9 Å². The molecule has 0 atom stereocenters. The number of hydrogen-bond donors (Lipinski definition) is 1. The highest BCUT2D eigenvalue weighted by molar-refractivity contribution is 7.10. The standard InChI is InChI=1S/C11H15N3S2.ClH/c1-3-11-14-9(6-15-11)4-12-5-10-8(2)13-7-16-10;/h6-7,12H,3-5H2,1-2H3;1H. The summed E-state index contributed by atoms with van der Waals surface area (Å²) in [6.45, 7) is 5.91. The van der Waals surface area contributed by atoms with Crippen molar-refractivity contribution >= 4 is 35.1 Å². The van der Waals surface area contributed by atoms with E-state index in [9.17, 15) is 0 Å². The van der Waals surface area contributed by atoms with Crippen LogP contribution in [-0.4, -0.2) is 9.97 Å². The lowest BCUT2D eigenvalue weighted by Gasteiger charge is -2.00. The zero-order chi connectivity index (χ0) is 11.4. The highest BCUT2D eigenvalue weighted by Gasteiger charge is 2.02. The van der Waals surface area contributed by atoms with Crippen molar-refractivity contribution < 1.29 is 0 Å². The highest BCUT2D eigenvalue weighted by atomic mass is 35.5. The minimum Gasteiger partial charge on any atom is -0.306 e. The molecule has 0 saturated heterocycles. The van der Waals surface area contributed by atoms with Gasteiger partial charge in [0.1, 0.15) is 0 Å². The molecule has 0 amide bonds. The molecule has 0 fully saturated rings. The molecule has 0 radical (unpaired) electrons. The van der Waals surface area contributed by atoms with Crippen molar-refractivity contribution in [1.29, 1.82) is 0 Å². The maximum atomic E-state index is 4.51. The number of hydrogen-bond acceptors (Lipinski definition) is 5. The molecule has 0 aromatic carbocycles. The molecule has 2 aromatic rings. The molecule has 94 valence electrons. The van der Waals surface area contributed by atoms with Gasteiger partial charge in [0.2, 0.25) is 0 Å². The minimum absolute atomic E-state index is 0. The van der Waals surface area contributed by atoms with Crippen molar-refractivity contribution in [3.05, 3.63) is 32.2 Å². The zero-order valence-corrected chi connectivity index (χ0v) is 12.3. The Labute approximate surface area is 116 Å². The van der Waals surface area contributed by atoms with Crippen LogP contribution in [0.1, 0.15) is 28.2 Å². The van der Waals surface area contributed by atoms with Gasteiger partial charge >= 0.3 is 0 Å². The van der Waals surface area contributed by atoms with Gasteiger partial charge in [-0.25, -0.2) is 9.97 Å². The maximum Gasteiger partial charge on any atom is 0.0926 e. The van der Waals surface area contributed by atoms with Crippen molar-refractivity contribution in [2.24, 2.45) is 0 Å². The predicted octanol–water partition coefficient (Wildman–Crippen LogP) is 3.18. The Kier molecular flexibility index (Phi) is 6.05. The SMILES string of the molecule is CCc1nc(CNCc2scnc2C)cs1.Cl. The zero-order valence-electron chi connectivity index (χ0n) is 9.90. The molecule has 6 heteroatoms.